The van der Waals surface area contributed by atoms with Crippen LogP contribution in [0.4, 0.5) is 4.39 Å². The molecule has 0 aromatic heterocycles. The molecule has 1 aromatic carbocycles. The highest BCUT2D eigenvalue weighted by atomic mass is 19.1. The minimum atomic E-state index is -0.699. The molecule has 1 unspecified atom stereocenters. The zero-order chi connectivity index (χ0) is 11.3. The molecule has 0 radical (unpaired) electrons. The fourth-order valence-electron chi connectivity index (χ4n) is 1.23. The lowest BCUT2D eigenvalue weighted by Crippen LogP contribution is -2.04. The number of halogens is 1. The van der Waals surface area contributed by atoms with Crippen LogP contribution in [0, 0.1) is 5.82 Å². The van der Waals surface area contributed by atoms with Crippen LogP contribution in [0.3, 0.4) is 0 Å². The summed E-state index contributed by atoms with van der Waals surface area (Å²) in [6, 6.07) is 4.01. The molecule has 0 aliphatic heterocycles. The third-order valence-corrected chi connectivity index (χ3v) is 1.99. The van der Waals surface area contributed by atoms with Gasteiger partial charge >= 0.3 is 0 Å². The Morgan fingerprint density at radius 1 is 1.47 bits per heavy atom. The van der Waals surface area contributed by atoms with E-state index in [2.05, 4.69) is 0 Å². The summed E-state index contributed by atoms with van der Waals surface area (Å²) in [5.41, 5.74) is 0.550. The lowest BCUT2D eigenvalue weighted by Gasteiger charge is -2.13. The summed E-state index contributed by atoms with van der Waals surface area (Å²) in [6.07, 6.45) is -0.217. The highest BCUT2D eigenvalue weighted by Gasteiger charge is 2.09. The van der Waals surface area contributed by atoms with Gasteiger partial charge in [-0.25, -0.2) is 4.39 Å². The van der Waals surface area contributed by atoms with Gasteiger partial charge in [-0.3, -0.25) is 0 Å². The molecule has 1 atom stereocenters. The smallest absolute Gasteiger partial charge is 0.127 e. The molecule has 0 fully saturated rings. The molecule has 1 aromatic rings. The Balaban J connectivity index is 2.77. The van der Waals surface area contributed by atoms with E-state index in [-0.39, 0.29) is 6.61 Å². The molecule has 15 heavy (non-hydrogen) atoms. The van der Waals surface area contributed by atoms with E-state index in [1.165, 1.54) is 18.2 Å². The van der Waals surface area contributed by atoms with Crippen molar-refractivity contribution in [1.82, 2.24) is 0 Å². The van der Waals surface area contributed by atoms with Gasteiger partial charge in [-0.15, -0.1) is 0 Å². The first-order valence-electron chi connectivity index (χ1n) is 4.86. The third-order valence-electron chi connectivity index (χ3n) is 1.99. The summed E-state index contributed by atoms with van der Waals surface area (Å²) in [7, 11) is 0. The van der Waals surface area contributed by atoms with Crippen molar-refractivity contribution in [2.24, 2.45) is 0 Å². The molecule has 0 bridgehead atoms. The van der Waals surface area contributed by atoms with Gasteiger partial charge in [0.1, 0.15) is 11.6 Å². The standard InChI is InChI=1S/C11H15FO3/c1-8(14)10-4-3-9(12)7-11(10)15-6-2-5-13/h3-4,7-8,13-14H,2,5-6H2,1H3. The number of rotatable bonds is 5. The van der Waals surface area contributed by atoms with Crippen LogP contribution in [0.15, 0.2) is 18.2 Å². The second kappa shape index (κ2) is 5.68. The van der Waals surface area contributed by atoms with Crippen molar-refractivity contribution in [3.63, 3.8) is 0 Å². The Morgan fingerprint density at radius 2 is 2.20 bits per heavy atom. The first kappa shape index (κ1) is 11.9. The Hall–Kier alpha value is -1.13. The van der Waals surface area contributed by atoms with E-state index in [1.54, 1.807) is 6.92 Å². The number of aliphatic hydroxyl groups excluding tert-OH is 2. The minimum absolute atomic E-state index is 0.0271. The number of hydrogen-bond donors (Lipinski definition) is 2. The molecule has 0 heterocycles. The number of hydrogen-bond acceptors (Lipinski definition) is 3. The van der Waals surface area contributed by atoms with Crippen molar-refractivity contribution in [2.45, 2.75) is 19.4 Å². The van der Waals surface area contributed by atoms with Crippen molar-refractivity contribution in [2.75, 3.05) is 13.2 Å². The van der Waals surface area contributed by atoms with Crippen LogP contribution in [-0.4, -0.2) is 23.4 Å². The van der Waals surface area contributed by atoms with Crippen molar-refractivity contribution in [3.8, 4) is 5.75 Å². The van der Waals surface area contributed by atoms with E-state index in [4.69, 9.17) is 9.84 Å². The molecule has 0 aliphatic rings. The second-order valence-corrected chi connectivity index (χ2v) is 3.28. The molecule has 0 amide bonds. The van der Waals surface area contributed by atoms with Gasteiger partial charge < -0.3 is 14.9 Å². The molecule has 2 N–H and O–H groups in total. The zero-order valence-corrected chi connectivity index (χ0v) is 8.61. The second-order valence-electron chi connectivity index (χ2n) is 3.28. The summed E-state index contributed by atoms with van der Waals surface area (Å²) < 4.78 is 18.2. The van der Waals surface area contributed by atoms with Gasteiger partial charge in [0.15, 0.2) is 0 Å². The van der Waals surface area contributed by atoms with Crippen LogP contribution in [0.2, 0.25) is 0 Å². The normalized spacial score (nSPS) is 12.5. The lowest BCUT2D eigenvalue weighted by molar-refractivity contribution is 0.187. The number of benzene rings is 1. The first-order valence-corrected chi connectivity index (χ1v) is 4.86. The molecule has 0 spiro atoms. The Bertz CT molecular complexity index is 313. The number of ether oxygens (including phenoxy) is 1. The molecule has 1 rings (SSSR count). The van der Waals surface area contributed by atoms with E-state index in [1.807, 2.05) is 0 Å². The highest BCUT2D eigenvalue weighted by molar-refractivity contribution is 5.35. The van der Waals surface area contributed by atoms with Gasteiger partial charge in [0.2, 0.25) is 0 Å². The van der Waals surface area contributed by atoms with Crippen molar-refractivity contribution in [3.05, 3.63) is 29.6 Å². The van der Waals surface area contributed by atoms with Crippen LogP contribution in [0.5, 0.6) is 5.75 Å². The van der Waals surface area contributed by atoms with E-state index in [9.17, 15) is 9.50 Å². The predicted octanol–water partition coefficient (Wildman–Crippen LogP) is 1.64. The molecule has 0 aliphatic carbocycles. The fourth-order valence-corrected chi connectivity index (χ4v) is 1.23. The summed E-state index contributed by atoms with van der Waals surface area (Å²) in [5, 5.41) is 18.0. The summed E-state index contributed by atoms with van der Waals surface area (Å²) >= 11 is 0. The molecular formula is C11H15FO3. The molecule has 84 valence electrons. The largest absolute Gasteiger partial charge is 0.493 e. The molecule has 3 nitrogen and oxygen atoms in total. The Kier molecular flexibility index (Phi) is 4.52. The third kappa shape index (κ3) is 3.49. The first-order chi connectivity index (χ1) is 7.15. The predicted molar refractivity (Wildman–Crippen MR) is 54.2 cm³/mol. The Labute approximate surface area is 88.1 Å². The highest BCUT2D eigenvalue weighted by Crippen LogP contribution is 2.25. The van der Waals surface area contributed by atoms with Gasteiger partial charge in [-0.2, -0.15) is 0 Å². The van der Waals surface area contributed by atoms with Crippen LogP contribution < -0.4 is 4.74 Å². The monoisotopic (exact) mass is 214 g/mol. The lowest BCUT2D eigenvalue weighted by atomic mass is 10.1. The van der Waals surface area contributed by atoms with Crippen molar-refractivity contribution in [1.29, 1.82) is 0 Å². The van der Waals surface area contributed by atoms with E-state index < -0.39 is 11.9 Å². The van der Waals surface area contributed by atoms with Gasteiger partial charge in [0.05, 0.1) is 12.7 Å². The average molecular weight is 214 g/mol. The maximum absolute atomic E-state index is 12.9. The maximum Gasteiger partial charge on any atom is 0.127 e. The van der Waals surface area contributed by atoms with E-state index >= 15 is 0 Å². The Morgan fingerprint density at radius 3 is 2.80 bits per heavy atom. The molecule has 0 saturated carbocycles. The maximum atomic E-state index is 12.9. The van der Waals surface area contributed by atoms with Gasteiger partial charge in [0.25, 0.3) is 0 Å². The van der Waals surface area contributed by atoms with Gasteiger partial charge in [-0.05, 0) is 19.1 Å². The van der Waals surface area contributed by atoms with Crippen molar-refractivity contribution < 1.29 is 19.3 Å². The van der Waals surface area contributed by atoms with Crippen LogP contribution >= 0.6 is 0 Å². The summed E-state index contributed by atoms with van der Waals surface area (Å²) in [4.78, 5) is 0. The van der Waals surface area contributed by atoms with E-state index in [0.717, 1.165) is 0 Å². The fraction of sp³-hybridized carbons (Fsp3) is 0.455. The molecular weight excluding hydrogens is 199 g/mol. The summed E-state index contributed by atoms with van der Waals surface area (Å²) in [5.74, 6) is -0.0724. The van der Waals surface area contributed by atoms with Crippen LogP contribution in [0.25, 0.3) is 0 Å². The van der Waals surface area contributed by atoms with Gasteiger partial charge in [-0.1, -0.05) is 0 Å². The SMILES string of the molecule is CC(O)c1ccc(F)cc1OCCCO. The molecule has 0 saturated heterocycles. The average Bonchev–Trinajstić information content (AvgIpc) is 2.18. The van der Waals surface area contributed by atoms with Crippen molar-refractivity contribution >= 4 is 0 Å². The molecule has 4 heteroatoms. The van der Waals surface area contributed by atoms with E-state index in [0.29, 0.717) is 24.3 Å². The topological polar surface area (TPSA) is 49.7 Å². The van der Waals surface area contributed by atoms with Crippen LogP contribution in [0.1, 0.15) is 25.0 Å². The number of aliphatic hydroxyl groups is 2. The summed E-state index contributed by atoms with van der Waals surface area (Å²) in [6.45, 7) is 1.92. The van der Waals surface area contributed by atoms with Crippen LogP contribution in [-0.2, 0) is 0 Å². The zero-order valence-electron chi connectivity index (χ0n) is 8.61. The minimum Gasteiger partial charge on any atom is -0.493 e. The quantitative estimate of drug-likeness (QED) is 0.732. The van der Waals surface area contributed by atoms with Gasteiger partial charge in [0, 0.05) is 24.7 Å².